The molecule has 142 valence electrons. The van der Waals surface area contributed by atoms with Crippen molar-refractivity contribution in [3.8, 4) is 11.5 Å². The maximum absolute atomic E-state index is 12.8. The van der Waals surface area contributed by atoms with Gasteiger partial charge in [0.1, 0.15) is 11.6 Å². The summed E-state index contributed by atoms with van der Waals surface area (Å²) in [6, 6.07) is 7.28. The standard InChI is InChI=1S/C20H22N2O4S/c1-21-19(24)17-12-7-3-2-4-10-16(12)27-20(17)22-18(23)15-11-25-13-8-5-6-9-14(13)26-15/h5-6,8-9,15H,2-4,7,10-11H2,1H3,(H,21,24)(H,22,23)/t15-/m0/s1. The van der Waals surface area contributed by atoms with Gasteiger partial charge in [-0.25, -0.2) is 0 Å². The molecule has 1 aromatic heterocycles. The maximum Gasteiger partial charge on any atom is 0.269 e. The number of para-hydroxylation sites is 2. The molecular formula is C20H22N2O4S. The molecule has 1 atom stereocenters. The summed E-state index contributed by atoms with van der Waals surface area (Å²) in [5.41, 5.74) is 1.68. The number of fused-ring (bicyclic) bond motifs is 2. The molecule has 1 aromatic carbocycles. The summed E-state index contributed by atoms with van der Waals surface area (Å²) in [6.07, 6.45) is 4.43. The quantitative estimate of drug-likeness (QED) is 0.795. The summed E-state index contributed by atoms with van der Waals surface area (Å²) in [5.74, 6) is 0.731. The lowest BCUT2D eigenvalue weighted by Crippen LogP contribution is -2.40. The Bertz CT molecular complexity index is 877. The van der Waals surface area contributed by atoms with E-state index in [0.29, 0.717) is 22.1 Å². The summed E-state index contributed by atoms with van der Waals surface area (Å²) in [5, 5.41) is 6.23. The van der Waals surface area contributed by atoms with E-state index in [9.17, 15) is 9.59 Å². The van der Waals surface area contributed by atoms with E-state index in [1.165, 1.54) is 22.6 Å². The molecule has 2 aliphatic rings. The molecule has 0 saturated heterocycles. The minimum atomic E-state index is -0.751. The van der Waals surface area contributed by atoms with Crippen molar-refractivity contribution in [1.29, 1.82) is 0 Å². The van der Waals surface area contributed by atoms with E-state index < -0.39 is 6.10 Å². The fourth-order valence-corrected chi connectivity index (χ4v) is 4.83. The lowest BCUT2D eigenvalue weighted by molar-refractivity contribution is -0.125. The van der Waals surface area contributed by atoms with Crippen molar-refractivity contribution in [2.75, 3.05) is 19.0 Å². The fraction of sp³-hybridized carbons (Fsp3) is 0.400. The Morgan fingerprint density at radius 2 is 1.89 bits per heavy atom. The van der Waals surface area contributed by atoms with Crippen molar-refractivity contribution in [2.45, 2.75) is 38.2 Å². The first-order valence-electron chi connectivity index (χ1n) is 9.23. The van der Waals surface area contributed by atoms with Crippen LogP contribution in [0.1, 0.15) is 40.1 Å². The van der Waals surface area contributed by atoms with Gasteiger partial charge in [-0.05, 0) is 43.4 Å². The number of rotatable bonds is 3. The minimum absolute atomic E-state index is 0.142. The van der Waals surface area contributed by atoms with Crippen LogP contribution >= 0.6 is 11.3 Å². The second-order valence-electron chi connectivity index (χ2n) is 6.70. The SMILES string of the molecule is CNC(=O)c1c(NC(=O)[C@@H]2COc3ccccc3O2)sc2c1CCCCC2. The van der Waals surface area contributed by atoms with Crippen molar-refractivity contribution in [3.05, 3.63) is 40.3 Å². The van der Waals surface area contributed by atoms with Gasteiger partial charge in [0.25, 0.3) is 11.8 Å². The molecule has 1 aliphatic heterocycles. The van der Waals surface area contributed by atoms with Crippen LogP contribution in [0.3, 0.4) is 0 Å². The second-order valence-corrected chi connectivity index (χ2v) is 7.81. The molecule has 0 fully saturated rings. The van der Waals surface area contributed by atoms with Gasteiger partial charge in [0.05, 0.1) is 5.56 Å². The average Bonchev–Trinajstić information content (AvgIpc) is 2.87. The number of nitrogens with one attached hydrogen (secondary N) is 2. The van der Waals surface area contributed by atoms with Gasteiger partial charge in [-0.3, -0.25) is 9.59 Å². The molecule has 2 aromatic rings. The van der Waals surface area contributed by atoms with Crippen molar-refractivity contribution >= 4 is 28.2 Å². The van der Waals surface area contributed by atoms with E-state index in [2.05, 4.69) is 10.6 Å². The van der Waals surface area contributed by atoms with Crippen LogP contribution in [-0.2, 0) is 17.6 Å². The third kappa shape index (κ3) is 3.51. The van der Waals surface area contributed by atoms with Gasteiger partial charge in [0.15, 0.2) is 11.5 Å². The number of amides is 2. The lowest BCUT2D eigenvalue weighted by atomic mass is 10.0. The van der Waals surface area contributed by atoms with Gasteiger partial charge in [-0.15, -0.1) is 11.3 Å². The van der Waals surface area contributed by atoms with Gasteiger partial charge in [0.2, 0.25) is 6.10 Å². The zero-order valence-electron chi connectivity index (χ0n) is 15.2. The van der Waals surface area contributed by atoms with Crippen molar-refractivity contribution in [3.63, 3.8) is 0 Å². The first kappa shape index (κ1) is 17.9. The van der Waals surface area contributed by atoms with Crippen LogP contribution < -0.4 is 20.1 Å². The van der Waals surface area contributed by atoms with Crippen molar-refractivity contribution in [1.82, 2.24) is 5.32 Å². The Labute approximate surface area is 161 Å². The number of anilines is 1. The van der Waals surface area contributed by atoms with Crippen LogP contribution in [0.5, 0.6) is 11.5 Å². The van der Waals surface area contributed by atoms with E-state index in [1.54, 1.807) is 13.1 Å². The van der Waals surface area contributed by atoms with Crippen LogP contribution in [0.4, 0.5) is 5.00 Å². The summed E-state index contributed by atoms with van der Waals surface area (Å²) < 4.78 is 11.4. The summed E-state index contributed by atoms with van der Waals surface area (Å²) in [7, 11) is 1.61. The highest BCUT2D eigenvalue weighted by Gasteiger charge is 2.30. The molecule has 0 saturated carbocycles. The van der Waals surface area contributed by atoms with Crippen LogP contribution in [0.2, 0.25) is 0 Å². The highest BCUT2D eigenvalue weighted by molar-refractivity contribution is 7.17. The van der Waals surface area contributed by atoms with E-state index in [0.717, 1.165) is 31.2 Å². The molecule has 2 heterocycles. The van der Waals surface area contributed by atoms with Gasteiger partial charge in [-0.1, -0.05) is 18.6 Å². The third-order valence-electron chi connectivity index (χ3n) is 4.91. The molecule has 6 nitrogen and oxygen atoms in total. The highest BCUT2D eigenvalue weighted by atomic mass is 32.1. The number of hydrogen-bond donors (Lipinski definition) is 2. The van der Waals surface area contributed by atoms with Crippen LogP contribution in [0, 0.1) is 0 Å². The van der Waals surface area contributed by atoms with E-state index in [-0.39, 0.29) is 18.4 Å². The summed E-state index contributed by atoms with van der Waals surface area (Å²) >= 11 is 1.51. The fourth-order valence-electron chi connectivity index (χ4n) is 3.54. The Morgan fingerprint density at radius 1 is 1.11 bits per heavy atom. The van der Waals surface area contributed by atoms with Gasteiger partial charge in [-0.2, -0.15) is 0 Å². The Kier molecular flexibility index (Phi) is 5.03. The van der Waals surface area contributed by atoms with Crippen molar-refractivity contribution in [2.24, 2.45) is 0 Å². The number of benzene rings is 1. The molecule has 27 heavy (non-hydrogen) atoms. The third-order valence-corrected chi connectivity index (χ3v) is 6.12. The van der Waals surface area contributed by atoms with Gasteiger partial charge < -0.3 is 20.1 Å². The number of carbonyl (C=O) groups is 2. The van der Waals surface area contributed by atoms with E-state index in [4.69, 9.17) is 9.47 Å². The van der Waals surface area contributed by atoms with Gasteiger partial charge >= 0.3 is 0 Å². The second kappa shape index (κ2) is 7.60. The predicted molar refractivity (Wildman–Crippen MR) is 104 cm³/mol. The Hall–Kier alpha value is -2.54. The van der Waals surface area contributed by atoms with Crippen LogP contribution in [0.25, 0.3) is 0 Å². The molecule has 2 N–H and O–H groups in total. The van der Waals surface area contributed by atoms with Gasteiger partial charge in [0, 0.05) is 11.9 Å². The number of hydrogen-bond acceptors (Lipinski definition) is 5. The molecule has 0 unspecified atom stereocenters. The average molecular weight is 386 g/mol. The smallest absolute Gasteiger partial charge is 0.269 e. The zero-order valence-corrected chi connectivity index (χ0v) is 16.0. The predicted octanol–water partition coefficient (Wildman–Crippen LogP) is 3.16. The first-order chi connectivity index (χ1) is 13.2. The molecule has 1 aliphatic carbocycles. The van der Waals surface area contributed by atoms with Crippen LogP contribution in [0.15, 0.2) is 24.3 Å². The first-order valence-corrected chi connectivity index (χ1v) is 10.0. The highest BCUT2D eigenvalue weighted by Crippen LogP contribution is 2.38. The maximum atomic E-state index is 12.8. The number of ether oxygens (including phenoxy) is 2. The number of aryl methyl sites for hydroxylation is 1. The number of carbonyl (C=O) groups excluding carboxylic acids is 2. The molecule has 0 bridgehead atoms. The monoisotopic (exact) mass is 386 g/mol. The molecule has 2 amide bonds. The van der Waals surface area contributed by atoms with E-state index >= 15 is 0 Å². The van der Waals surface area contributed by atoms with Crippen molar-refractivity contribution < 1.29 is 19.1 Å². The minimum Gasteiger partial charge on any atom is -0.485 e. The normalized spacial score (nSPS) is 18.2. The largest absolute Gasteiger partial charge is 0.485 e. The summed E-state index contributed by atoms with van der Waals surface area (Å²) in [6.45, 7) is 0.142. The zero-order chi connectivity index (χ0) is 18.8. The topological polar surface area (TPSA) is 76.7 Å². The molecular weight excluding hydrogens is 364 g/mol. The molecule has 0 radical (unpaired) electrons. The number of thiophene rings is 1. The lowest BCUT2D eigenvalue weighted by Gasteiger charge is -2.25. The molecule has 0 spiro atoms. The summed E-state index contributed by atoms with van der Waals surface area (Å²) in [4.78, 5) is 26.5. The van der Waals surface area contributed by atoms with Crippen LogP contribution in [-0.4, -0.2) is 31.6 Å². The molecule has 4 rings (SSSR count). The molecule has 7 heteroatoms. The van der Waals surface area contributed by atoms with E-state index in [1.807, 2.05) is 18.2 Å². The Morgan fingerprint density at radius 3 is 2.70 bits per heavy atom. The Balaban J connectivity index is 1.57.